The highest BCUT2D eigenvalue weighted by Gasteiger charge is 2.20. The van der Waals surface area contributed by atoms with E-state index < -0.39 is 0 Å². The number of rotatable bonds is 7. The fraction of sp³-hybridized carbons (Fsp3) is 0.421. The van der Waals surface area contributed by atoms with E-state index in [0.29, 0.717) is 0 Å². The Bertz CT molecular complexity index is 524. The first-order valence-corrected chi connectivity index (χ1v) is 7.77. The van der Waals surface area contributed by atoms with E-state index in [2.05, 4.69) is 51.6 Å². The third kappa shape index (κ3) is 4.59. The summed E-state index contributed by atoms with van der Waals surface area (Å²) in [5.41, 5.74) is 11.6. The predicted octanol–water partition coefficient (Wildman–Crippen LogP) is 4.84. The molecule has 0 spiro atoms. The second-order valence-corrected chi connectivity index (χ2v) is 5.44. The lowest BCUT2D eigenvalue weighted by molar-refractivity contribution is 0.877. The van der Waals surface area contributed by atoms with Crippen molar-refractivity contribution in [1.29, 1.82) is 0 Å². The Kier molecular flexibility index (Phi) is 6.93. The normalized spacial score (nSPS) is 14.6. The van der Waals surface area contributed by atoms with Crippen LogP contribution in [-0.4, -0.2) is 12.3 Å². The summed E-state index contributed by atoms with van der Waals surface area (Å²) < 4.78 is 0. The van der Waals surface area contributed by atoms with Crippen molar-refractivity contribution < 1.29 is 0 Å². The monoisotopic (exact) mass is 284 g/mol. The van der Waals surface area contributed by atoms with Crippen molar-refractivity contribution in [3.63, 3.8) is 0 Å². The second kappa shape index (κ2) is 8.46. The molecule has 1 unspecified atom stereocenters. The number of hydrogen-bond acceptors (Lipinski definition) is 2. The number of nitrogens with two attached hydrogens (primary N) is 1. The van der Waals surface area contributed by atoms with E-state index in [1.807, 2.05) is 13.0 Å². The maximum atomic E-state index is 6.32. The van der Waals surface area contributed by atoms with E-state index in [0.717, 1.165) is 41.9 Å². The quantitative estimate of drug-likeness (QED) is 0.715. The van der Waals surface area contributed by atoms with Gasteiger partial charge in [-0.05, 0) is 30.9 Å². The maximum absolute atomic E-state index is 6.32. The van der Waals surface area contributed by atoms with Crippen LogP contribution in [0.5, 0.6) is 0 Å². The number of aliphatic imine (C=N–C) groups is 1. The molecule has 2 N–H and O–H groups in total. The van der Waals surface area contributed by atoms with Crippen molar-refractivity contribution in [3.05, 3.63) is 59.3 Å². The molecule has 0 aliphatic carbocycles. The Hall–Kier alpha value is -1.83. The Morgan fingerprint density at radius 2 is 1.86 bits per heavy atom. The van der Waals surface area contributed by atoms with Crippen LogP contribution in [0.15, 0.2) is 58.7 Å². The molecule has 0 aromatic heterocycles. The predicted molar refractivity (Wildman–Crippen MR) is 93.8 cm³/mol. The minimum Gasteiger partial charge on any atom is -0.402 e. The molecule has 2 nitrogen and oxygen atoms in total. The number of hydrogen-bond donors (Lipinski definition) is 1. The first-order chi connectivity index (χ1) is 10.0. The largest absolute Gasteiger partial charge is 0.402 e. The molecule has 0 saturated carbocycles. The van der Waals surface area contributed by atoms with Crippen LogP contribution >= 0.6 is 0 Å². The van der Waals surface area contributed by atoms with Crippen LogP contribution in [0, 0.1) is 0 Å². The van der Waals surface area contributed by atoms with Gasteiger partial charge in [0.25, 0.3) is 0 Å². The lowest BCUT2D eigenvalue weighted by Crippen LogP contribution is -2.17. The molecule has 0 aliphatic heterocycles. The smallest absolute Gasteiger partial charge is 0.0652 e. The summed E-state index contributed by atoms with van der Waals surface area (Å²) in [6.45, 7) is 13.3. The minimum atomic E-state index is 0.221. The molecule has 0 heterocycles. The molecule has 114 valence electrons. The summed E-state index contributed by atoms with van der Waals surface area (Å²) in [4.78, 5) is 4.74. The highest BCUT2D eigenvalue weighted by molar-refractivity contribution is 6.12. The molecular weight excluding hydrogens is 256 g/mol. The summed E-state index contributed by atoms with van der Waals surface area (Å²) in [5.74, 6) is 0.221. The molecule has 0 radical (unpaired) electrons. The average Bonchev–Trinajstić information content (AvgIpc) is 2.50. The molecule has 0 fully saturated rings. The van der Waals surface area contributed by atoms with Gasteiger partial charge >= 0.3 is 0 Å². The van der Waals surface area contributed by atoms with E-state index >= 15 is 0 Å². The van der Waals surface area contributed by atoms with Crippen LogP contribution in [0.1, 0.15) is 52.0 Å². The summed E-state index contributed by atoms with van der Waals surface area (Å²) in [6, 6.07) is 10.4. The second-order valence-electron chi connectivity index (χ2n) is 5.44. The molecule has 21 heavy (non-hydrogen) atoms. The maximum Gasteiger partial charge on any atom is 0.0652 e. The molecular formula is C19H28N2. The SMILES string of the molecule is C=C(C)C(=NCCC)C(=C(N)CC)C(C)c1ccccc1. The molecule has 0 aliphatic rings. The van der Waals surface area contributed by atoms with Crippen LogP contribution < -0.4 is 5.73 Å². The summed E-state index contributed by atoms with van der Waals surface area (Å²) in [6.07, 6.45) is 1.85. The van der Waals surface area contributed by atoms with Crippen molar-refractivity contribution in [3.8, 4) is 0 Å². The van der Waals surface area contributed by atoms with Gasteiger partial charge in [0, 0.05) is 23.7 Å². The molecule has 0 bridgehead atoms. The van der Waals surface area contributed by atoms with E-state index in [1.54, 1.807) is 0 Å². The fourth-order valence-electron chi connectivity index (χ4n) is 2.41. The van der Waals surface area contributed by atoms with Crippen molar-refractivity contribution in [1.82, 2.24) is 0 Å². The Balaban J connectivity index is 3.33. The van der Waals surface area contributed by atoms with Crippen LogP contribution in [0.4, 0.5) is 0 Å². The summed E-state index contributed by atoms with van der Waals surface area (Å²) >= 11 is 0. The molecule has 1 aromatic rings. The highest BCUT2D eigenvalue weighted by Crippen LogP contribution is 2.29. The van der Waals surface area contributed by atoms with Crippen LogP contribution in [0.3, 0.4) is 0 Å². The zero-order valence-electron chi connectivity index (χ0n) is 13.8. The van der Waals surface area contributed by atoms with Crippen LogP contribution in [0.2, 0.25) is 0 Å². The van der Waals surface area contributed by atoms with Gasteiger partial charge in [0.1, 0.15) is 0 Å². The van der Waals surface area contributed by atoms with E-state index in [9.17, 15) is 0 Å². The van der Waals surface area contributed by atoms with Gasteiger partial charge in [-0.2, -0.15) is 0 Å². The molecule has 0 saturated heterocycles. The van der Waals surface area contributed by atoms with Crippen molar-refractivity contribution in [2.24, 2.45) is 10.7 Å². The highest BCUT2D eigenvalue weighted by atomic mass is 14.7. The lowest BCUT2D eigenvalue weighted by Gasteiger charge is -2.21. The topological polar surface area (TPSA) is 38.4 Å². The Morgan fingerprint density at radius 3 is 2.33 bits per heavy atom. The van der Waals surface area contributed by atoms with Crippen LogP contribution in [0.25, 0.3) is 0 Å². The van der Waals surface area contributed by atoms with Gasteiger partial charge in [0.15, 0.2) is 0 Å². The van der Waals surface area contributed by atoms with Gasteiger partial charge in [0.05, 0.1) is 5.71 Å². The summed E-state index contributed by atoms with van der Waals surface area (Å²) in [5, 5.41) is 0. The van der Waals surface area contributed by atoms with Crippen molar-refractivity contribution in [2.75, 3.05) is 6.54 Å². The van der Waals surface area contributed by atoms with Gasteiger partial charge in [-0.1, -0.05) is 57.7 Å². The van der Waals surface area contributed by atoms with Gasteiger partial charge in [0.2, 0.25) is 0 Å². The molecule has 2 heteroatoms. The third-order valence-corrected chi connectivity index (χ3v) is 3.61. The van der Waals surface area contributed by atoms with Gasteiger partial charge < -0.3 is 5.73 Å². The van der Waals surface area contributed by atoms with E-state index in [-0.39, 0.29) is 5.92 Å². The molecule has 1 rings (SSSR count). The third-order valence-electron chi connectivity index (χ3n) is 3.61. The van der Waals surface area contributed by atoms with Gasteiger partial charge in [-0.15, -0.1) is 0 Å². The van der Waals surface area contributed by atoms with Gasteiger partial charge in [-0.3, -0.25) is 4.99 Å². The first-order valence-electron chi connectivity index (χ1n) is 7.77. The Labute approximate surface area is 129 Å². The van der Waals surface area contributed by atoms with Crippen molar-refractivity contribution >= 4 is 5.71 Å². The lowest BCUT2D eigenvalue weighted by atomic mass is 9.85. The standard InChI is InChI=1S/C19H28N2/c1-6-13-21-19(14(3)4)18(17(20)7-2)15(5)16-11-9-8-10-12-16/h8-12,15H,3,6-7,13,20H2,1-2,4-5H3. The van der Waals surface area contributed by atoms with Crippen molar-refractivity contribution in [2.45, 2.75) is 46.5 Å². The minimum absolute atomic E-state index is 0.221. The fourth-order valence-corrected chi connectivity index (χ4v) is 2.41. The number of allylic oxidation sites excluding steroid dienone is 3. The van der Waals surface area contributed by atoms with Crippen LogP contribution in [-0.2, 0) is 0 Å². The Morgan fingerprint density at radius 1 is 1.24 bits per heavy atom. The number of benzene rings is 1. The zero-order chi connectivity index (χ0) is 15.8. The molecule has 0 amide bonds. The number of nitrogens with zero attached hydrogens (tertiary/aromatic N) is 1. The molecule has 1 aromatic carbocycles. The van der Waals surface area contributed by atoms with Gasteiger partial charge in [-0.25, -0.2) is 0 Å². The van der Waals surface area contributed by atoms with E-state index in [4.69, 9.17) is 10.7 Å². The summed E-state index contributed by atoms with van der Waals surface area (Å²) in [7, 11) is 0. The first kappa shape index (κ1) is 17.2. The van der Waals surface area contributed by atoms with E-state index in [1.165, 1.54) is 5.56 Å². The average molecular weight is 284 g/mol. The zero-order valence-corrected chi connectivity index (χ0v) is 13.8. The molecule has 1 atom stereocenters.